The van der Waals surface area contributed by atoms with Crippen molar-refractivity contribution in [2.45, 2.75) is 0 Å². The summed E-state index contributed by atoms with van der Waals surface area (Å²) >= 11 is 1.49. The number of benzene rings is 1. The molecule has 2 aromatic heterocycles. The molecule has 0 spiro atoms. The number of carbonyl (C=O) groups excluding carboxylic acids is 1. The Bertz CT molecular complexity index is 694. The maximum Gasteiger partial charge on any atom is 0.256 e. The fourth-order valence-electron chi connectivity index (χ4n) is 1.64. The Labute approximate surface area is 107 Å². The van der Waals surface area contributed by atoms with Gasteiger partial charge in [0.05, 0.1) is 16.0 Å². The Kier molecular flexibility index (Phi) is 2.74. The smallest absolute Gasteiger partial charge is 0.256 e. The molecule has 3 rings (SSSR count). The number of amides is 1. The van der Waals surface area contributed by atoms with E-state index >= 15 is 0 Å². The number of thiophene rings is 1. The Hall–Kier alpha value is -2.27. The van der Waals surface area contributed by atoms with Crippen LogP contribution in [0.15, 0.2) is 48.1 Å². The normalized spacial score (nSPS) is 10.4. The maximum atomic E-state index is 12.0. The van der Waals surface area contributed by atoms with Crippen molar-refractivity contribution in [1.29, 1.82) is 0 Å². The van der Waals surface area contributed by atoms with Gasteiger partial charge in [0.2, 0.25) is 0 Å². The monoisotopic (exact) mass is 255 g/mol. The predicted molar refractivity (Wildman–Crippen MR) is 71.8 cm³/mol. The Balaban J connectivity index is 1.92. The highest BCUT2D eigenvalue weighted by atomic mass is 32.1. The molecular weight excluding hydrogens is 246 g/mol. The van der Waals surface area contributed by atoms with E-state index in [2.05, 4.69) is 15.3 Å². The fraction of sp³-hybridized carbons (Fsp3) is 0. The third-order valence-electron chi connectivity index (χ3n) is 2.49. The van der Waals surface area contributed by atoms with Gasteiger partial charge in [0.15, 0.2) is 0 Å². The van der Waals surface area contributed by atoms with Crippen molar-refractivity contribution in [3.05, 3.63) is 53.7 Å². The first-order chi connectivity index (χ1) is 8.83. The lowest BCUT2D eigenvalue weighted by Crippen LogP contribution is -2.10. The number of hydrogen-bond acceptors (Lipinski definition) is 4. The molecule has 18 heavy (non-hydrogen) atoms. The van der Waals surface area contributed by atoms with Crippen LogP contribution in [0.5, 0.6) is 0 Å². The first-order valence-electron chi connectivity index (χ1n) is 5.38. The van der Waals surface area contributed by atoms with Crippen LogP contribution in [0.4, 0.5) is 5.00 Å². The number of aromatic nitrogens is 2. The van der Waals surface area contributed by atoms with E-state index in [4.69, 9.17) is 0 Å². The first-order valence-corrected chi connectivity index (χ1v) is 6.26. The van der Waals surface area contributed by atoms with Crippen molar-refractivity contribution in [2.75, 3.05) is 5.32 Å². The standard InChI is InChI=1S/C13H9N3OS/c17-13(16-12-2-1-7-18-12)9-3-4-10-11(8-9)15-6-5-14-10/h1-8H,(H,16,17). The highest BCUT2D eigenvalue weighted by Crippen LogP contribution is 2.17. The van der Waals surface area contributed by atoms with Crippen LogP contribution in [-0.4, -0.2) is 15.9 Å². The van der Waals surface area contributed by atoms with E-state index in [1.807, 2.05) is 17.5 Å². The molecule has 0 aliphatic rings. The number of hydrogen-bond donors (Lipinski definition) is 1. The summed E-state index contributed by atoms with van der Waals surface area (Å²) in [6, 6.07) is 9.05. The molecule has 2 heterocycles. The molecule has 4 nitrogen and oxygen atoms in total. The quantitative estimate of drug-likeness (QED) is 0.766. The molecule has 0 aliphatic heterocycles. The van der Waals surface area contributed by atoms with E-state index in [1.165, 1.54) is 11.3 Å². The Morgan fingerprint density at radius 3 is 2.72 bits per heavy atom. The predicted octanol–water partition coefficient (Wildman–Crippen LogP) is 2.94. The average Bonchev–Trinajstić information content (AvgIpc) is 2.91. The van der Waals surface area contributed by atoms with Gasteiger partial charge in [-0.3, -0.25) is 14.8 Å². The van der Waals surface area contributed by atoms with Crippen molar-refractivity contribution in [2.24, 2.45) is 0 Å². The van der Waals surface area contributed by atoms with Crippen LogP contribution in [0, 0.1) is 0 Å². The second-order valence-corrected chi connectivity index (χ2v) is 4.64. The summed E-state index contributed by atoms with van der Waals surface area (Å²) in [7, 11) is 0. The molecule has 3 aromatic rings. The molecule has 0 atom stereocenters. The van der Waals surface area contributed by atoms with Crippen LogP contribution in [0.2, 0.25) is 0 Å². The second kappa shape index (κ2) is 4.54. The number of rotatable bonds is 2. The van der Waals surface area contributed by atoms with Crippen LogP contribution in [0.25, 0.3) is 11.0 Å². The zero-order valence-electron chi connectivity index (χ0n) is 9.33. The van der Waals surface area contributed by atoms with Crippen LogP contribution in [0.1, 0.15) is 10.4 Å². The SMILES string of the molecule is O=C(Nc1cccs1)c1ccc2nccnc2c1. The lowest BCUT2D eigenvalue weighted by atomic mass is 10.2. The lowest BCUT2D eigenvalue weighted by Gasteiger charge is -2.03. The van der Waals surface area contributed by atoms with Gasteiger partial charge >= 0.3 is 0 Å². The summed E-state index contributed by atoms with van der Waals surface area (Å²) in [4.78, 5) is 20.3. The number of anilines is 1. The molecule has 5 heteroatoms. The molecule has 0 aliphatic carbocycles. The second-order valence-electron chi connectivity index (χ2n) is 3.69. The van der Waals surface area contributed by atoms with Gasteiger partial charge in [-0.1, -0.05) is 0 Å². The van der Waals surface area contributed by atoms with Crippen molar-refractivity contribution in [1.82, 2.24) is 9.97 Å². The molecule has 0 bridgehead atoms. The molecule has 1 amide bonds. The molecule has 88 valence electrons. The lowest BCUT2D eigenvalue weighted by molar-refractivity contribution is 0.102. The van der Waals surface area contributed by atoms with Gasteiger partial charge in [-0.2, -0.15) is 0 Å². The molecule has 0 saturated carbocycles. The molecule has 1 N–H and O–H groups in total. The average molecular weight is 255 g/mol. The summed E-state index contributed by atoms with van der Waals surface area (Å²) in [6.07, 6.45) is 3.25. The Morgan fingerprint density at radius 1 is 1.11 bits per heavy atom. The van der Waals surface area contributed by atoms with Gasteiger partial charge in [-0.25, -0.2) is 0 Å². The molecule has 1 aromatic carbocycles. The van der Waals surface area contributed by atoms with Crippen molar-refractivity contribution in [3.63, 3.8) is 0 Å². The highest BCUT2D eigenvalue weighted by molar-refractivity contribution is 7.14. The first kappa shape index (κ1) is 10.9. The van der Waals surface area contributed by atoms with Crippen LogP contribution in [0.3, 0.4) is 0 Å². The van der Waals surface area contributed by atoms with E-state index in [0.29, 0.717) is 5.56 Å². The van der Waals surface area contributed by atoms with Crippen molar-refractivity contribution in [3.8, 4) is 0 Å². The highest BCUT2D eigenvalue weighted by Gasteiger charge is 2.07. The fourth-order valence-corrected chi connectivity index (χ4v) is 2.25. The summed E-state index contributed by atoms with van der Waals surface area (Å²) in [5.41, 5.74) is 2.08. The summed E-state index contributed by atoms with van der Waals surface area (Å²) in [5.74, 6) is -0.134. The van der Waals surface area contributed by atoms with Crippen LogP contribution in [-0.2, 0) is 0 Å². The van der Waals surface area contributed by atoms with E-state index < -0.39 is 0 Å². The van der Waals surface area contributed by atoms with Gasteiger partial charge in [0.1, 0.15) is 0 Å². The van der Waals surface area contributed by atoms with Gasteiger partial charge in [0.25, 0.3) is 5.91 Å². The van der Waals surface area contributed by atoms with Crippen molar-refractivity contribution >= 4 is 33.3 Å². The van der Waals surface area contributed by atoms with Crippen molar-refractivity contribution < 1.29 is 4.79 Å². The minimum atomic E-state index is -0.134. The van der Waals surface area contributed by atoms with E-state index in [1.54, 1.807) is 30.6 Å². The number of fused-ring (bicyclic) bond motifs is 1. The molecule has 0 fully saturated rings. The zero-order chi connectivity index (χ0) is 12.4. The minimum absolute atomic E-state index is 0.134. The summed E-state index contributed by atoms with van der Waals surface area (Å²) in [5, 5.41) is 5.59. The van der Waals surface area contributed by atoms with Gasteiger partial charge in [0, 0.05) is 18.0 Å². The molecule has 0 saturated heterocycles. The van der Waals surface area contributed by atoms with E-state index in [-0.39, 0.29) is 5.91 Å². The Morgan fingerprint density at radius 2 is 1.94 bits per heavy atom. The molecular formula is C13H9N3OS. The number of carbonyl (C=O) groups is 1. The van der Waals surface area contributed by atoms with Crippen LogP contribution >= 0.6 is 11.3 Å². The maximum absolute atomic E-state index is 12.0. The molecule has 0 unspecified atom stereocenters. The van der Waals surface area contributed by atoms with Gasteiger partial charge < -0.3 is 5.32 Å². The largest absolute Gasteiger partial charge is 0.314 e. The summed E-state index contributed by atoms with van der Waals surface area (Å²) in [6.45, 7) is 0. The van der Waals surface area contributed by atoms with E-state index in [9.17, 15) is 4.79 Å². The number of nitrogens with zero attached hydrogens (tertiary/aromatic N) is 2. The van der Waals surface area contributed by atoms with Gasteiger partial charge in [-0.05, 0) is 35.7 Å². The third-order valence-corrected chi connectivity index (χ3v) is 3.27. The third kappa shape index (κ3) is 2.08. The minimum Gasteiger partial charge on any atom is -0.314 e. The topological polar surface area (TPSA) is 54.9 Å². The van der Waals surface area contributed by atoms with Crippen LogP contribution < -0.4 is 5.32 Å². The van der Waals surface area contributed by atoms with Gasteiger partial charge in [-0.15, -0.1) is 11.3 Å². The molecule has 0 radical (unpaired) electrons. The number of nitrogens with one attached hydrogen (secondary N) is 1. The zero-order valence-corrected chi connectivity index (χ0v) is 10.1. The van der Waals surface area contributed by atoms with E-state index in [0.717, 1.165) is 16.0 Å². The summed E-state index contributed by atoms with van der Waals surface area (Å²) < 4.78 is 0.